The van der Waals surface area contributed by atoms with Crippen LogP contribution in [0.5, 0.6) is 0 Å². The Labute approximate surface area is 119 Å². The van der Waals surface area contributed by atoms with Crippen LogP contribution < -0.4 is 14.8 Å². The lowest BCUT2D eigenvalue weighted by molar-refractivity contribution is 0.573. The molecular weight excluding hydrogens is 304 g/mol. The van der Waals surface area contributed by atoms with Crippen LogP contribution in [0, 0.1) is 0 Å². The molecule has 1 heterocycles. The van der Waals surface area contributed by atoms with Crippen LogP contribution in [0.15, 0.2) is 23.2 Å². The van der Waals surface area contributed by atoms with Gasteiger partial charge in [0, 0.05) is 25.8 Å². The molecule has 0 aliphatic heterocycles. The van der Waals surface area contributed by atoms with E-state index in [4.69, 9.17) is 0 Å². The van der Waals surface area contributed by atoms with E-state index in [1.165, 1.54) is 18.3 Å². The minimum Gasteiger partial charge on any atom is -0.369 e. The first kappa shape index (κ1) is 16.8. The first-order valence-electron chi connectivity index (χ1n) is 5.89. The molecule has 114 valence electrons. The number of aromatic nitrogens is 1. The predicted molar refractivity (Wildman–Crippen MR) is 76.4 cm³/mol. The molecule has 8 nitrogen and oxygen atoms in total. The van der Waals surface area contributed by atoms with E-state index in [0.717, 1.165) is 6.26 Å². The Morgan fingerprint density at radius 3 is 2.40 bits per heavy atom. The summed E-state index contributed by atoms with van der Waals surface area (Å²) in [6, 6.07) is 2.95. The van der Waals surface area contributed by atoms with Gasteiger partial charge >= 0.3 is 0 Å². The third kappa shape index (κ3) is 5.41. The number of rotatable bonds is 8. The highest BCUT2D eigenvalue weighted by molar-refractivity contribution is 7.89. The van der Waals surface area contributed by atoms with Crippen LogP contribution in [0.2, 0.25) is 0 Å². The predicted octanol–water partition coefficient (Wildman–Crippen LogP) is -0.659. The van der Waals surface area contributed by atoms with E-state index in [1.807, 2.05) is 6.92 Å². The largest absolute Gasteiger partial charge is 0.369 e. The molecule has 0 atom stereocenters. The van der Waals surface area contributed by atoms with Crippen molar-refractivity contribution in [3.8, 4) is 0 Å². The van der Waals surface area contributed by atoms with E-state index >= 15 is 0 Å². The summed E-state index contributed by atoms with van der Waals surface area (Å²) in [7, 11) is -7.07. The number of nitrogens with one attached hydrogen (secondary N) is 3. The molecule has 0 aromatic carbocycles. The Bertz CT molecular complexity index is 643. The lowest BCUT2D eigenvalue weighted by atomic mass is 10.4. The molecule has 1 aromatic heterocycles. The third-order valence-corrected chi connectivity index (χ3v) is 4.41. The topological polar surface area (TPSA) is 117 Å². The molecule has 0 fully saturated rings. The van der Waals surface area contributed by atoms with Gasteiger partial charge in [-0.3, -0.25) is 0 Å². The molecule has 0 amide bonds. The quantitative estimate of drug-likeness (QED) is 0.547. The van der Waals surface area contributed by atoms with Crippen LogP contribution in [0.3, 0.4) is 0 Å². The van der Waals surface area contributed by atoms with Gasteiger partial charge in [-0.05, 0) is 19.1 Å². The summed E-state index contributed by atoms with van der Waals surface area (Å²) in [4.78, 5) is 3.99. The number of anilines is 1. The molecule has 10 heteroatoms. The molecule has 0 unspecified atom stereocenters. The standard InChI is InChI=1S/C10H18N4O4S2/c1-3-11-10-9(5-4-6-12-10)20(17,18)14-8-7-13-19(2,15)16/h4-6,13-14H,3,7-8H2,1-2H3,(H,11,12). The number of hydrogen-bond donors (Lipinski definition) is 3. The summed E-state index contributed by atoms with van der Waals surface area (Å²) < 4.78 is 50.4. The first-order valence-corrected chi connectivity index (χ1v) is 9.27. The summed E-state index contributed by atoms with van der Waals surface area (Å²) in [5.74, 6) is 0.263. The van der Waals surface area contributed by atoms with E-state index in [9.17, 15) is 16.8 Å². The van der Waals surface area contributed by atoms with Crippen molar-refractivity contribution in [1.29, 1.82) is 0 Å². The smallest absolute Gasteiger partial charge is 0.244 e. The zero-order chi connectivity index (χ0) is 15.2. The summed E-state index contributed by atoms with van der Waals surface area (Å²) in [5, 5.41) is 2.86. The van der Waals surface area contributed by atoms with Gasteiger partial charge in [-0.15, -0.1) is 0 Å². The van der Waals surface area contributed by atoms with Gasteiger partial charge in [0.15, 0.2) is 0 Å². The molecule has 20 heavy (non-hydrogen) atoms. The molecule has 0 aliphatic rings. The highest BCUT2D eigenvalue weighted by atomic mass is 32.2. The zero-order valence-corrected chi connectivity index (χ0v) is 12.9. The Balaban J connectivity index is 2.74. The average molecular weight is 322 g/mol. The lowest BCUT2D eigenvalue weighted by Gasteiger charge is -2.11. The van der Waals surface area contributed by atoms with Crippen molar-refractivity contribution in [3.63, 3.8) is 0 Å². The van der Waals surface area contributed by atoms with Crippen LogP contribution in [-0.4, -0.2) is 47.7 Å². The molecule has 0 spiro atoms. The van der Waals surface area contributed by atoms with E-state index in [2.05, 4.69) is 19.7 Å². The van der Waals surface area contributed by atoms with Crippen molar-refractivity contribution in [2.45, 2.75) is 11.8 Å². The fraction of sp³-hybridized carbons (Fsp3) is 0.500. The molecule has 3 N–H and O–H groups in total. The summed E-state index contributed by atoms with van der Waals surface area (Å²) >= 11 is 0. The van der Waals surface area contributed by atoms with Gasteiger partial charge < -0.3 is 5.32 Å². The van der Waals surface area contributed by atoms with E-state index < -0.39 is 20.0 Å². The Kier molecular flexibility index (Phi) is 5.87. The van der Waals surface area contributed by atoms with E-state index in [1.54, 1.807) is 0 Å². The molecule has 0 bridgehead atoms. The Hall–Kier alpha value is -1.23. The maximum atomic E-state index is 12.1. The maximum Gasteiger partial charge on any atom is 0.244 e. The Morgan fingerprint density at radius 2 is 1.80 bits per heavy atom. The second-order valence-corrected chi connectivity index (χ2v) is 7.51. The van der Waals surface area contributed by atoms with Crippen LogP contribution >= 0.6 is 0 Å². The molecule has 0 saturated heterocycles. The summed E-state index contributed by atoms with van der Waals surface area (Å²) in [6.07, 6.45) is 2.49. The molecule has 1 rings (SSSR count). The van der Waals surface area contributed by atoms with Crippen molar-refractivity contribution < 1.29 is 16.8 Å². The second kappa shape index (κ2) is 6.97. The molecule has 0 saturated carbocycles. The number of sulfonamides is 2. The van der Waals surface area contributed by atoms with Gasteiger partial charge in [0.2, 0.25) is 20.0 Å². The van der Waals surface area contributed by atoms with Gasteiger partial charge in [0.05, 0.1) is 6.26 Å². The molecular formula is C10H18N4O4S2. The van der Waals surface area contributed by atoms with E-state index in [0.29, 0.717) is 6.54 Å². The average Bonchev–Trinajstić information content (AvgIpc) is 2.35. The number of hydrogen-bond acceptors (Lipinski definition) is 6. The van der Waals surface area contributed by atoms with Gasteiger partial charge in [0.25, 0.3) is 0 Å². The minimum atomic E-state index is -3.74. The second-order valence-electron chi connectivity index (χ2n) is 3.94. The van der Waals surface area contributed by atoms with Crippen molar-refractivity contribution >= 4 is 25.9 Å². The van der Waals surface area contributed by atoms with E-state index in [-0.39, 0.29) is 23.8 Å². The monoisotopic (exact) mass is 322 g/mol. The fourth-order valence-corrected chi connectivity index (χ4v) is 3.04. The SMILES string of the molecule is CCNc1ncccc1S(=O)(=O)NCCNS(C)(=O)=O. The molecule has 1 aromatic rings. The van der Waals surface area contributed by atoms with Crippen molar-refractivity contribution in [2.75, 3.05) is 31.2 Å². The van der Waals surface area contributed by atoms with Crippen molar-refractivity contribution in [1.82, 2.24) is 14.4 Å². The van der Waals surface area contributed by atoms with Gasteiger partial charge in [-0.25, -0.2) is 31.3 Å². The van der Waals surface area contributed by atoms with Gasteiger partial charge in [0.1, 0.15) is 10.7 Å². The van der Waals surface area contributed by atoms with Crippen LogP contribution in [-0.2, 0) is 20.0 Å². The summed E-state index contributed by atoms with van der Waals surface area (Å²) in [6.45, 7) is 2.30. The van der Waals surface area contributed by atoms with Crippen molar-refractivity contribution in [3.05, 3.63) is 18.3 Å². The van der Waals surface area contributed by atoms with Crippen molar-refractivity contribution in [2.24, 2.45) is 0 Å². The van der Waals surface area contributed by atoms with Crippen LogP contribution in [0.25, 0.3) is 0 Å². The van der Waals surface area contributed by atoms with Gasteiger partial charge in [-0.1, -0.05) is 0 Å². The highest BCUT2D eigenvalue weighted by Crippen LogP contribution is 2.17. The summed E-state index contributed by atoms with van der Waals surface area (Å²) in [5.41, 5.74) is 0. The molecule has 0 aliphatic carbocycles. The maximum absolute atomic E-state index is 12.1. The van der Waals surface area contributed by atoms with Gasteiger partial charge in [-0.2, -0.15) is 0 Å². The number of pyridine rings is 1. The Morgan fingerprint density at radius 1 is 1.15 bits per heavy atom. The lowest BCUT2D eigenvalue weighted by Crippen LogP contribution is -2.34. The minimum absolute atomic E-state index is 0.0190. The number of nitrogens with zero attached hydrogens (tertiary/aromatic N) is 1. The van der Waals surface area contributed by atoms with Crippen LogP contribution in [0.4, 0.5) is 5.82 Å². The first-order chi connectivity index (χ1) is 9.26. The normalized spacial score (nSPS) is 12.3. The third-order valence-electron chi connectivity index (χ3n) is 2.19. The van der Waals surface area contributed by atoms with Crippen LogP contribution in [0.1, 0.15) is 6.92 Å². The molecule has 0 radical (unpaired) electrons. The zero-order valence-electron chi connectivity index (χ0n) is 11.3. The fourth-order valence-electron chi connectivity index (χ4n) is 1.41. The highest BCUT2D eigenvalue weighted by Gasteiger charge is 2.18.